The Bertz CT molecular complexity index is 356. The highest BCUT2D eigenvalue weighted by Gasteiger charge is 1.88. The largest absolute Gasteiger partial charge is 0.299 e. The maximum atomic E-state index is 10.0. The molecule has 1 heteroatoms. The fourth-order valence-corrected chi connectivity index (χ4v) is 1.89. The summed E-state index contributed by atoms with van der Waals surface area (Å²) in [5.41, 5.74) is 0. The highest BCUT2D eigenvalue weighted by molar-refractivity contribution is 5.65. The van der Waals surface area contributed by atoms with Crippen LogP contribution in [-0.2, 0) is 4.79 Å². The van der Waals surface area contributed by atoms with E-state index in [-0.39, 0.29) is 0 Å². The normalized spacial score (nSPS) is 12.8. The van der Waals surface area contributed by atoms with Gasteiger partial charge in [-0.05, 0) is 18.9 Å². The molecule has 0 bridgehead atoms. The molecule has 0 atom stereocenters. The van der Waals surface area contributed by atoms with E-state index >= 15 is 0 Å². The lowest BCUT2D eigenvalue weighted by Gasteiger charge is -1.98. The number of hydrogen-bond donors (Lipinski definition) is 0. The van der Waals surface area contributed by atoms with E-state index in [1.54, 1.807) is 6.08 Å². The molecule has 0 amide bonds. The minimum absolute atomic E-state index is 0.768. The van der Waals surface area contributed by atoms with Crippen molar-refractivity contribution in [2.45, 2.75) is 58.3 Å². The lowest BCUT2D eigenvalue weighted by Crippen LogP contribution is -1.78. The average Bonchev–Trinajstić information content (AvgIpc) is 2.50. The van der Waals surface area contributed by atoms with Gasteiger partial charge in [0.15, 0.2) is 0 Å². The average molecular weight is 286 g/mol. The van der Waals surface area contributed by atoms with E-state index in [1.165, 1.54) is 57.4 Å². The first-order chi connectivity index (χ1) is 10.4. The molecular formula is C20H30O. The van der Waals surface area contributed by atoms with Crippen molar-refractivity contribution in [3.05, 3.63) is 60.8 Å². The Morgan fingerprint density at radius 1 is 0.571 bits per heavy atom. The van der Waals surface area contributed by atoms with Gasteiger partial charge in [-0.2, -0.15) is 0 Å². The second kappa shape index (κ2) is 18.4. The Balaban J connectivity index is 3.44. The Morgan fingerprint density at radius 3 is 1.62 bits per heavy atom. The molecule has 0 saturated heterocycles. The van der Waals surface area contributed by atoms with Gasteiger partial charge in [0.2, 0.25) is 0 Å². The molecule has 0 unspecified atom stereocenters. The second-order valence-corrected chi connectivity index (χ2v) is 5.01. The fraction of sp³-hybridized carbons (Fsp3) is 0.450. The van der Waals surface area contributed by atoms with Gasteiger partial charge in [-0.3, -0.25) is 4.79 Å². The van der Waals surface area contributed by atoms with Crippen molar-refractivity contribution >= 4 is 6.29 Å². The first-order valence-electron chi connectivity index (χ1n) is 8.18. The van der Waals surface area contributed by atoms with Crippen LogP contribution in [0.15, 0.2) is 60.8 Å². The van der Waals surface area contributed by atoms with Crippen LogP contribution in [0.3, 0.4) is 0 Å². The van der Waals surface area contributed by atoms with E-state index in [0.717, 1.165) is 6.29 Å². The number of unbranched alkanes of at least 4 members (excludes halogenated alkanes) is 7. The van der Waals surface area contributed by atoms with Gasteiger partial charge in [0.25, 0.3) is 0 Å². The lowest BCUT2D eigenvalue weighted by molar-refractivity contribution is -0.104. The van der Waals surface area contributed by atoms with E-state index < -0.39 is 0 Å². The smallest absolute Gasteiger partial charge is 0.142 e. The van der Waals surface area contributed by atoms with Crippen molar-refractivity contribution in [3.8, 4) is 0 Å². The van der Waals surface area contributed by atoms with Crippen molar-refractivity contribution in [2.24, 2.45) is 0 Å². The van der Waals surface area contributed by atoms with Crippen molar-refractivity contribution in [1.29, 1.82) is 0 Å². The molecular weight excluding hydrogens is 256 g/mol. The highest BCUT2D eigenvalue weighted by atomic mass is 16.1. The molecule has 0 spiro atoms. The zero-order valence-electron chi connectivity index (χ0n) is 13.4. The van der Waals surface area contributed by atoms with Crippen LogP contribution in [0.5, 0.6) is 0 Å². The summed E-state index contributed by atoms with van der Waals surface area (Å²) in [7, 11) is 0. The number of carbonyl (C=O) groups excluding carboxylic acids is 1. The number of aldehydes is 1. The van der Waals surface area contributed by atoms with Crippen molar-refractivity contribution in [2.75, 3.05) is 0 Å². The topological polar surface area (TPSA) is 17.1 Å². The van der Waals surface area contributed by atoms with Crippen LogP contribution < -0.4 is 0 Å². The molecule has 0 heterocycles. The van der Waals surface area contributed by atoms with Crippen LogP contribution >= 0.6 is 0 Å². The maximum Gasteiger partial charge on any atom is 0.142 e. The number of rotatable bonds is 13. The van der Waals surface area contributed by atoms with Crippen LogP contribution in [0.4, 0.5) is 0 Å². The summed E-state index contributed by atoms with van der Waals surface area (Å²) in [4.78, 5) is 10.0. The third-order valence-electron chi connectivity index (χ3n) is 3.08. The molecule has 0 saturated carbocycles. The van der Waals surface area contributed by atoms with Crippen LogP contribution in [0.1, 0.15) is 58.3 Å². The quantitative estimate of drug-likeness (QED) is 0.173. The third kappa shape index (κ3) is 18.4. The first-order valence-corrected chi connectivity index (χ1v) is 8.18. The van der Waals surface area contributed by atoms with E-state index in [0.29, 0.717) is 0 Å². The van der Waals surface area contributed by atoms with Crippen molar-refractivity contribution in [1.82, 2.24) is 0 Å². The highest BCUT2D eigenvalue weighted by Crippen LogP contribution is 2.08. The molecule has 116 valence electrons. The van der Waals surface area contributed by atoms with Crippen LogP contribution in [0, 0.1) is 0 Å². The van der Waals surface area contributed by atoms with Crippen LogP contribution in [0.2, 0.25) is 0 Å². The summed E-state index contributed by atoms with van der Waals surface area (Å²) in [6.45, 7) is 2.26. The SMILES string of the molecule is CCCCCCCCCC=CC=CC=CC=CC=CC=O. The lowest BCUT2D eigenvalue weighted by atomic mass is 10.1. The number of carbonyl (C=O) groups is 1. The summed E-state index contributed by atoms with van der Waals surface area (Å²) in [5, 5.41) is 0. The zero-order chi connectivity index (χ0) is 15.4. The molecule has 21 heavy (non-hydrogen) atoms. The molecule has 0 aromatic carbocycles. The summed E-state index contributed by atoms with van der Waals surface area (Å²) in [5.74, 6) is 0. The van der Waals surface area contributed by atoms with Gasteiger partial charge in [-0.15, -0.1) is 0 Å². The molecule has 0 aromatic rings. The predicted molar refractivity (Wildman–Crippen MR) is 94.4 cm³/mol. The summed E-state index contributed by atoms with van der Waals surface area (Å²) in [6, 6.07) is 0. The molecule has 0 radical (unpaired) electrons. The van der Waals surface area contributed by atoms with E-state index in [1.807, 2.05) is 36.5 Å². The van der Waals surface area contributed by atoms with Gasteiger partial charge in [0.05, 0.1) is 0 Å². The molecule has 1 nitrogen and oxygen atoms in total. The Kier molecular flexibility index (Phi) is 16.9. The van der Waals surface area contributed by atoms with Gasteiger partial charge in [0.1, 0.15) is 6.29 Å². The predicted octanol–water partition coefficient (Wildman–Crippen LogP) is 6.11. The Morgan fingerprint density at radius 2 is 1.05 bits per heavy atom. The fourth-order valence-electron chi connectivity index (χ4n) is 1.89. The van der Waals surface area contributed by atoms with Crippen molar-refractivity contribution in [3.63, 3.8) is 0 Å². The zero-order valence-corrected chi connectivity index (χ0v) is 13.4. The standard InChI is InChI=1S/C20H30O/c1-2-3-4-5-6-7-8-9-10-11-12-13-14-15-16-17-18-19-20-21/h10-20H,2-9H2,1H3. The van der Waals surface area contributed by atoms with E-state index in [2.05, 4.69) is 19.1 Å². The van der Waals surface area contributed by atoms with E-state index in [4.69, 9.17) is 0 Å². The monoisotopic (exact) mass is 286 g/mol. The minimum atomic E-state index is 0.768. The van der Waals surface area contributed by atoms with Gasteiger partial charge in [-0.1, -0.05) is 100 Å². The molecule has 0 rings (SSSR count). The van der Waals surface area contributed by atoms with Gasteiger partial charge in [0, 0.05) is 0 Å². The van der Waals surface area contributed by atoms with Gasteiger partial charge >= 0.3 is 0 Å². The van der Waals surface area contributed by atoms with Crippen molar-refractivity contribution < 1.29 is 4.79 Å². The molecule has 0 aliphatic carbocycles. The van der Waals surface area contributed by atoms with Crippen LogP contribution in [0.25, 0.3) is 0 Å². The molecule has 0 aromatic heterocycles. The van der Waals surface area contributed by atoms with Gasteiger partial charge in [-0.25, -0.2) is 0 Å². The molecule has 0 fully saturated rings. The number of allylic oxidation sites excluding steroid dienone is 10. The van der Waals surface area contributed by atoms with E-state index in [9.17, 15) is 4.79 Å². The second-order valence-electron chi connectivity index (χ2n) is 5.01. The first kappa shape index (κ1) is 19.4. The molecule has 0 N–H and O–H groups in total. The Hall–Kier alpha value is -1.63. The molecule has 0 aliphatic heterocycles. The summed E-state index contributed by atoms with van der Waals surface area (Å²) in [6.07, 6.45) is 30.7. The number of hydrogen-bond acceptors (Lipinski definition) is 1. The van der Waals surface area contributed by atoms with Crippen LogP contribution in [-0.4, -0.2) is 6.29 Å². The summed E-state index contributed by atoms with van der Waals surface area (Å²) >= 11 is 0. The molecule has 0 aliphatic rings. The summed E-state index contributed by atoms with van der Waals surface area (Å²) < 4.78 is 0. The Labute approximate surface area is 130 Å². The minimum Gasteiger partial charge on any atom is -0.299 e. The third-order valence-corrected chi connectivity index (χ3v) is 3.08. The maximum absolute atomic E-state index is 10.0. The van der Waals surface area contributed by atoms with Gasteiger partial charge < -0.3 is 0 Å².